The molecule has 6 heteroatoms. The first-order chi connectivity index (χ1) is 13.5. The lowest BCUT2D eigenvalue weighted by atomic mass is 10.1. The van der Waals surface area contributed by atoms with Gasteiger partial charge in [-0.3, -0.25) is 9.78 Å². The van der Waals surface area contributed by atoms with Gasteiger partial charge in [-0.05, 0) is 36.8 Å². The molecule has 1 unspecified atom stereocenters. The third-order valence-corrected chi connectivity index (χ3v) is 4.11. The number of carbonyl (C=O) groups excluding carboxylic acids is 2. The van der Waals surface area contributed by atoms with Crippen molar-refractivity contribution in [3.63, 3.8) is 0 Å². The smallest absolute Gasteiger partial charge is 0.331 e. The third kappa shape index (κ3) is 5.01. The Morgan fingerprint density at radius 1 is 1.14 bits per heavy atom. The van der Waals surface area contributed by atoms with Crippen molar-refractivity contribution in [3.8, 4) is 0 Å². The van der Waals surface area contributed by atoms with Gasteiger partial charge >= 0.3 is 5.97 Å². The summed E-state index contributed by atoms with van der Waals surface area (Å²) in [5.41, 5.74) is 2.30. The van der Waals surface area contributed by atoms with Gasteiger partial charge in [0.2, 0.25) is 0 Å². The fourth-order valence-electron chi connectivity index (χ4n) is 2.62. The van der Waals surface area contributed by atoms with Gasteiger partial charge in [0.25, 0.3) is 5.91 Å². The molecule has 5 nitrogen and oxygen atoms in total. The van der Waals surface area contributed by atoms with Crippen molar-refractivity contribution in [2.24, 2.45) is 0 Å². The number of hydrogen-bond acceptors (Lipinski definition) is 4. The molecule has 1 atom stereocenters. The highest BCUT2D eigenvalue weighted by Crippen LogP contribution is 2.17. The van der Waals surface area contributed by atoms with E-state index < -0.39 is 18.0 Å². The van der Waals surface area contributed by atoms with Gasteiger partial charge in [0.1, 0.15) is 5.82 Å². The molecule has 28 heavy (non-hydrogen) atoms. The van der Waals surface area contributed by atoms with Crippen molar-refractivity contribution in [3.05, 3.63) is 83.8 Å². The maximum atomic E-state index is 12.9. The molecule has 2 aromatic carbocycles. The van der Waals surface area contributed by atoms with Gasteiger partial charge in [0.05, 0.1) is 5.52 Å². The molecule has 0 spiro atoms. The molecule has 1 heterocycles. The van der Waals surface area contributed by atoms with Crippen LogP contribution in [0.4, 0.5) is 4.39 Å². The quantitative estimate of drug-likeness (QED) is 0.525. The minimum Gasteiger partial charge on any atom is -0.449 e. The van der Waals surface area contributed by atoms with E-state index in [1.165, 1.54) is 25.1 Å². The Labute approximate surface area is 161 Å². The molecule has 0 aliphatic rings. The molecule has 0 saturated heterocycles. The van der Waals surface area contributed by atoms with E-state index in [4.69, 9.17) is 4.74 Å². The number of pyridine rings is 1. The van der Waals surface area contributed by atoms with Crippen LogP contribution >= 0.6 is 0 Å². The predicted octanol–water partition coefficient (Wildman–Crippen LogP) is 3.64. The number of amides is 1. The number of fused-ring (bicyclic) bond motifs is 1. The Balaban J connectivity index is 1.55. The van der Waals surface area contributed by atoms with E-state index in [1.807, 2.05) is 30.3 Å². The van der Waals surface area contributed by atoms with E-state index >= 15 is 0 Å². The molecule has 0 saturated carbocycles. The van der Waals surface area contributed by atoms with E-state index in [0.29, 0.717) is 0 Å². The van der Waals surface area contributed by atoms with Crippen molar-refractivity contribution in [1.82, 2.24) is 10.3 Å². The number of benzene rings is 2. The number of nitrogens with zero attached hydrogens (tertiary/aromatic N) is 1. The van der Waals surface area contributed by atoms with Crippen molar-refractivity contribution < 1.29 is 18.7 Å². The van der Waals surface area contributed by atoms with Crippen molar-refractivity contribution in [1.29, 1.82) is 0 Å². The number of rotatable bonds is 6. The number of ether oxygens (including phenoxy) is 1. The Morgan fingerprint density at radius 3 is 2.68 bits per heavy atom. The number of nitrogens with one attached hydrogen (secondary N) is 1. The second-order valence-electron chi connectivity index (χ2n) is 6.18. The molecular formula is C22H19FN2O3. The normalized spacial score (nSPS) is 12.1. The highest BCUT2D eigenvalue weighted by atomic mass is 19.1. The number of carbonyl (C=O) groups is 2. The lowest BCUT2D eigenvalue weighted by Gasteiger charge is -2.12. The summed E-state index contributed by atoms with van der Waals surface area (Å²) in [6.45, 7) is 1.71. The molecule has 0 fully saturated rings. The van der Waals surface area contributed by atoms with E-state index in [0.717, 1.165) is 22.0 Å². The zero-order chi connectivity index (χ0) is 19.9. The SMILES string of the molecule is CC(OC(=O)/C=C/c1cccc2cccnc12)C(=O)NCc1ccc(F)cc1. The molecule has 3 aromatic rings. The van der Waals surface area contributed by atoms with Crippen LogP contribution in [0.25, 0.3) is 17.0 Å². The monoisotopic (exact) mass is 378 g/mol. The molecule has 1 aromatic heterocycles. The van der Waals surface area contributed by atoms with Crippen LogP contribution in [-0.2, 0) is 20.9 Å². The highest BCUT2D eigenvalue weighted by molar-refractivity contribution is 5.94. The lowest BCUT2D eigenvalue weighted by molar-refractivity contribution is -0.150. The molecule has 0 radical (unpaired) electrons. The summed E-state index contributed by atoms with van der Waals surface area (Å²) in [5, 5.41) is 3.61. The predicted molar refractivity (Wildman–Crippen MR) is 105 cm³/mol. The van der Waals surface area contributed by atoms with Gasteiger partial charge in [0, 0.05) is 29.8 Å². The lowest BCUT2D eigenvalue weighted by Crippen LogP contribution is -2.35. The summed E-state index contributed by atoms with van der Waals surface area (Å²) in [6.07, 6.45) is 3.61. The van der Waals surface area contributed by atoms with Gasteiger partial charge in [-0.25, -0.2) is 9.18 Å². The van der Waals surface area contributed by atoms with Gasteiger partial charge in [-0.1, -0.05) is 36.4 Å². The molecule has 1 amide bonds. The van der Waals surface area contributed by atoms with Crippen LogP contribution < -0.4 is 5.32 Å². The average Bonchev–Trinajstić information content (AvgIpc) is 2.71. The van der Waals surface area contributed by atoms with Gasteiger partial charge in [0.15, 0.2) is 6.10 Å². The molecule has 0 bridgehead atoms. The number of hydrogen-bond donors (Lipinski definition) is 1. The van der Waals surface area contributed by atoms with Crippen LogP contribution in [0.1, 0.15) is 18.1 Å². The average molecular weight is 378 g/mol. The Hall–Kier alpha value is -3.54. The van der Waals surface area contributed by atoms with Gasteiger partial charge in [-0.15, -0.1) is 0 Å². The minimum atomic E-state index is -0.955. The third-order valence-electron chi connectivity index (χ3n) is 4.11. The van der Waals surface area contributed by atoms with Crippen LogP contribution in [0.2, 0.25) is 0 Å². The van der Waals surface area contributed by atoms with Crippen molar-refractivity contribution >= 4 is 28.9 Å². The first kappa shape index (κ1) is 19.2. The molecule has 142 valence electrons. The largest absolute Gasteiger partial charge is 0.449 e. The summed E-state index contributed by atoms with van der Waals surface area (Å²) in [5.74, 6) is -1.40. The summed E-state index contributed by atoms with van der Waals surface area (Å²) in [4.78, 5) is 28.4. The summed E-state index contributed by atoms with van der Waals surface area (Å²) in [6, 6.07) is 15.2. The van der Waals surface area contributed by atoms with E-state index in [9.17, 15) is 14.0 Å². The second-order valence-corrected chi connectivity index (χ2v) is 6.18. The van der Waals surface area contributed by atoms with Gasteiger partial charge < -0.3 is 10.1 Å². The fraction of sp³-hybridized carbons (Fsp3) is 0.136. The summed E-state index contributed by atoms with van der Waals surface area (Å²) in [7, 11) is 0. The highest BCUT2D eigenvalue weighted by Gasteiger charge is 2.16. The zero-order valence-corrected chi connectivity index (χ0v) is 15.3. The minimum absolute atomic E-state index is 0.221. The van der Waals surface area contributed by atoms with Crippen LogP contribution in [0, 0.1) is 5.82 Å². The standard InChI is InChI=1S/C22H19FN2O3/c1-15(22(27)25-14-16-7-10-19(23)11-8-16)28-20(26)12-9-18-5-2-4-17-6-3-13-24-21(17)18/h2-13,15H,14H2,1H3,(H,25,27)/b12-9+. The number of para-hydroxylation sites is 1. The number of aromatic nitrogens is 1. The van der Waals surface area contributed by atoms with E-state index in [1.54, 1.807) is 24.4 Å². The first-order valence-electron chi connectivity index (χ1n) is 8.77. The maximum absolute atomic E-state index is 12.9. The fourth-order valence-corrected chi connectivity index (χ4v) is 2.62. The Bertz CT molecular complexity index is 1010. The van der Waals surface area contributed by atoms with Crippen LogP contribution in [0.5, 0.6) is 0 Å². The van der Waals surface area contributed by atoms with Gasteiger partial charge in [-0.2, -0.15) is 0 Å². The van der Waals surface area contributed by atoms with Crippen molar-refractivity contribution in [2.45, 2.75) is 19.6 Å². The van der Waals surface area contributed by atoms with Crippen LogP contribution in [0.3, 0.4) is 0 Å². The summed E-state index contributed by atoms with van der Waals surface area (Å²) >= 11 is 0. The Morgan fingerprint density at radius 2 is 1.89 bits per heavy atom. The zero-order valence-electron chi connectivity index (χ0n) is 15.3. The molecule has 0 aliphatic carbocycles. The van der Waals surface area contributed by atoms with E-state index in [2.05, 4.69) is 10.3 Å². The molecular weight excluding hydrogens is 359 g/mol. The van der Waals surface area contributed by atoms with Crippen molar-refractivity contribution in [2.75, 3.05) is 0 Å². The number of halogens is 1. The van der Waals surface area contributed by atoms with E-state index in [-0.39, 0.29) is 12.4 Å². The summed E-state index contributed by atoms with van der Waals surface area (Å²) < 4.78 is 18.0. The van der Waals surface area contributed by atoms with Crippen LogP contribution in [0.15, 0.2) is 66.9 Å². The Kier molecular flexibility index (Phi) is 6.11. The molecule has 0 aliphatic heterocycles. The topological polar surface area (TPSA) is 68.3 Å². The van der Waals surface area contributed by atoms with Crippen LogP contribution in [-0.4, -0.2) is 23.0 Å². The second kappa shape index (κ2) is 8.90. The number of esters is 1. The molecule has 1 N–H and O–H groups in total. The molecule has 3 rings (SSSR count). The maximum Gasteiger partial charge on any atom is 0.331 e. The first-order valence-corrected chi connectivity index (χ1v) is 8.77.